The number of rotatable bonds is 6. The summed E-state index contributed by atoms with van der Waals surface area (Å²) in [6.07, 6.45) is 1.36. The van der Waals surface area contributed by atoms with Crippen molar-refractivity contribution in [2.45, 2.75) is 6.54 Å². The Labute approximate surface area is 128 Å². The van der Waals surface area contributed by atoms with E-state index in [4.69, 9.17) is 10.8 Å². The summed E-state index contributed by atoms with van der Waals surface area (Å²) in [7, 11) is 0. The van der Waals surface area contributed by atoms with Crippen LogP contribution in [0.15, 0.2) is 28.9 Å². The first kappa shape index (κ1) is 15.0. The summed E-state index contributed by atoms with van der Waals surface area (Å²) >= 11 is 3.27. The van der Waals surface area contributed by atoms with E-state index in [1.165, 1.54) is 10.9 Å². The van der Waals surface area contributed by atoms with Gasteiger partial charge in [-0.3, -0.25) is 4.79 Å². The molecule has 110 valence electrons. The van der Waals surface area contributed by atoms with E-state index in [0.717, 1.165) is 5.69 Å². The molecule has 1 aromatic heterocycles. The minimum absolute atomic E-state index is 0.0939. The zero-order valence-corrected chi connectivity index (χ0v) is 12.4. The van der Waals surface area contributed by atoms with Gasteiger partial charge in [-0.1, -0.05) is 5.21 Å². The molecular weight excluding hydrogens is 342 g/mol. The zero-order chi connectivity index (χ0) is 15.4. The topological polar surface area (TPSA) is 123 Å². The van der Waals surface area contributed by atoms with Crippen molar-refractivity contribution in [3.05, 3.63) is 40.1 Å². The van der Waals surface area contributed by atoms with Gasteiger partial charge in [0, 0.05) is 16.7 Å². The molecule has 0 radical (unpaired) electrons. The highest BCUT2D eigenvalue weighted by molar-refractivity contribution is 9.10. The number of primary amides is 1. The molecule has 0 aliphatic carbocycles. The molecular formula is C12H12BrN5O3. The molecule has 0 saturated heterocycles. The van der Waals surface area contributed by atoms with Gasteiger partial charge >= 0.3 is 5.97 Å². The van der Waals surface area contributed by atoms with Gasteiger partial charge in [-0.05, 0) is 34.1 Å². The van der Waals surface area contributed by atoms with Gasteiger partial charge < -0.3 is 16.2 Å². The maximum Gasteiger partial charge on any atom is 0.358 e. The number of nitrogens with two attached hydrogens (primary N) is 1. The van der Waals surface area contributed by atoms with E-state index >= 15 is 0 Å². The van der Waals surface area contributed by atoms with E-state index in [1.54, 1.807) is 18.2 Å². The molecule has 8 nitrogen and oxygen atoms in total. The standard InChI is InChI=1S/C12H12BrN5O3/c13-9-5-7(1-2-8(9)11(14)19)15-3-4-18-6-10(12(20)21)16-17-18/h1-2,5-6,15H,3-4H2,(H2,14,19)(H,20,21). The Hall–Kier alpha value is -2.42. The van der Waals surface area contributed by atoms with Crippen LogP contribution in [0.25, 0.3) is 0 Å². The Morgan fingerprint density at radius 3 is 2.76 bits per heavy atom. The quantitative estimate of drug-likeness (QED) is 0.710. The van der Waals surface area contributed by atoms with E-state index in [0.29, 0.717) is 23.1 Å². The maximum atomic E-state index is 11.1. The van der Waals surface area contributed by atoms with Crippen molar-refractivity contribution < 1.29 is 14.7 Å². The number of hydrogen-bond acceptors (Lipinski definition) is 5. The normalized spacial score (nSPS) is 10.3. The highest BCUT2D eigenvalue weighted by Gasteiger charge is 2.08. The number of aromatic carboxylic acids is 1. The first-order valence-electron chi connectivity index (χ1n) is 5.94. The molecule has 0 fully saturated rings. The minimum Gasteiger partial charge on any atom is -0.476 e. The van der Waals surface area contributed by atoms with Crippen LogP contribution in [0.1, 0.15) is 20.8 Å². The van der Waals surface area contributed by atoms with E-state index in [9.17, 15) is 9.59 Å². The molecule has 4 N–H and O–H groups in total. The fraction of sp³-hybridized carbons (Fsp3) is 0.167. The van der Waals surface area contributed by atoms with Crippen molar-refractivity contribution >= 4 is 33.5 Å². The van der Waals surface area contributed by atoms with E-state index in [2.05, 4.69) is 31.6 Å². The number of carboxylic acids is 1. The van der Waals surface area contributed by atoms with Crippen LogP contribution in [0.5, 0.6) is 0 Å². The number of aromatic nitrogens is 3. The van der Waals surface area contributed by atoms with Crippen LogP contribution in [0, 0.1) is 0 Å². The molecule has 21 heavy (non-hydrogen) atoms. The summed E-state index contributed by atoms with van der Waals surface area (Å²) in [4.78, 5) is 21.8. The molecule has 9 heteroatoms. The SMILES string of the molecule is NC(=O)c1ccc(NCCn2cc(C(=O)O)nn2)cc1Br. The molecule has 0 aliphatic heterocycles. The van der Waals surface area contributed by atoms with Crippen LogP contribution in [-0.4, -0.2) is 38.5 Å². The number of anilines is 1. The second kappa shape index (κ2) is 6.35. The third-order valence-corrected chi connectivity index (χ3v) is 3.32. The number of carbonyl (C=O) groups is 2. The average molecular weight is 354 g/mol. The second-order valence-corrected chi connectivity index (χ2v) is 5.01. The Balaban J connectivity index is 1.92. The number of hydrogen-bond donors (Lipinski definition) is 3. The van der Waals surface area contributed by atoms with Crippen molar-refractivity contribution in [2.24, 2.45) is 5.73 Å². The molecule has 2 rings (SSSR count). The fourth-order valence-corrected chi connectivity index (χ4v) is 2.22. The van der Waals surface area contributed by atoms with Crippen molar-refractivity contribution in [1.82, 2.24) is 15.0 Å². The van der Waals surface area contributed by atoms with Crippen LogP contribution in [0.3, 0.4) is 0 Å². The molecule has 0 spiro atoms. The molecule has 1 amide bonds. The van der Waals surface area contributed by atoms with Crippen molar-refractivity contribution in [1.29, 1.82) is 0 Å². The Morgan fingerprint density at radius 2 is 2.19 bits per heavy atom. The minimum atomic E-state index is -1.11. The number of amides is 1. The molecule has 0 saturated carbocycles. The molecule has 0 bridgehead atoms. The third kappa shape index (κ3) is 3.78. The smallest absolute Gasteiger partial charge is 0.358 e. The van der Waals surface area contributed by atoms with Crippen molar-refractivity contribution in [3.8, 4) is 0 Å². The third-order valence-electron chi connectivity index (χ3n) is 2.66. The molecule has 0 atom stereocenters. The lowest BCUT2D eigenvalue weighted by Crippen LogP contribution is -2.13. The van der Waals surface area contributed by atoms with Gasteiger partial charge in [0.05, 0.1) is 18.3 Å². The first-order chi connectivity index (χ1) is 9.97. The van der Waals surface area contributed by atoms with Crippen LogP contribution in [0.4, 0.5) is 5.69 Å². The average Bonchev–Trinajstić information content (AvgIpc) is 2.87. The van der Waals surface area contributed by atoms with Gasteiger partial charge in [-0.15, -0.1) is 5.10 Å². The highest BCUT2D eigenvalue weighted by atomic mass is 79.9. The number of carbonyl (C=O) groups excluding carboxylic acids is 1. The molecule has 2 aromatic rings. The summed E-state index contributed by atoms with van der Waals surface area (Å²) in [5.74, 6) is -1.61. The van der Waals surface area contributed by atoms with Crippen LogP contribution < -0.4 is 11.1 Å². The van der Waals surface area contributed by atoms with Gasteiger partial charge in [0.25, 0.3) is 0 Å². The lowest BCUT2D eigenvalue weighted by molar-refractivity contribution is 0.0690. The fourth-order valence-electron chi connectivity index (χ4n) is 1.65. The van der Waals surface area contributed by atoms with Crippen molar-refractivity contribution in [2.75, 3.05) is 11.9 Å². The highest BCUT2D eigenvalue weighted by Crippen LogP contribution is 2.21. The Bertz CT molecular complexity index is 685. The molecule has 1 aromatic carbocycles. The van der Waals surface area contributed by atoms with Gasteiger partial charge in [0.15, 0.2) is 5.69 Å². The lowest BCUT2D eigenvalue weighted by Gasteiger charge is -2.08. The summed E-state index contributed by atoms with van der Waals surface area (Å²) in [5, 5.41) is 19.1. The summed E-state index contributed by atoms with van der Waals surface area (Å²) < 4.78 is 2.04. The number of nitrogens with one attached hydrogen (secondary N) is 1. The van der Waals surface area contributed by atoms with E-state index in [1.807, 2.05) is 0 Å². The van der Waals surface area contributed by atoms with Crippen LogP contribution >= 0.6 is 15.9 Å². The summed E-state index contributed by atoms with van der Waals surface area (Å²) in [6.45, 7) is 0.972. The number of carboxylic acid groups (broad SMARTS) is 1. The molecule has 0 aliphatic rings. The number of nitrogens with zero attached hydrogens (tertiary/aromatic N) is 3. The summed E-state index contributed by atoms with van der Waals surface area (Å²) in [6, 6.07) is 5.09. The maximum absolute atomic E-state index is 11.1. The predicted octanol–water partition coefficient (Wildman–Crippen LogP) is 0.950. The first-order valence-corrected chi connectivity index (χ1v) is 6.73. The van der Waals surface area contributed by atoms with Gasteiger partial charge in [0.2, 0.25) is 5.91 Å². The largest absolute Gasteiger partial charge is 0.476 e. The van der Waals surface area contributed by atoms with Crippen LogP contribution in [-0.2, 0) is 6.54 Å². The lowest BCUT2D eigenvalue weighted by atomic mass is 10.2. The Kier molecular flexibility index (Phi) is 4.53. The van der Waals surface area contributed by atoms with Gasteiger partial charge in [-0.25, -0.2) is 9.48 Å². The Morgan fingerprint density at radius 1 is 1.43 bits per heavy atom. The van der Waals surface area contributed by atoms with Gasteiger partial charge in [0.1, 0.15) is 0 Å². The number of benzene rings is 1. The van der Waals surface area contributed by atoms with Crippen LogP contribution in [0.2, 0.25) is 0 Å². The second-order valence-electron chi connectivity index (χ2n) is 4.16. The predicted molar refractivity (Wildman–Crippen MR) is 78.1 cm³/mol. The zero-order valence-electron chi connectivity index (χ0n) is 10.8. The van der Waals surface area contributed by atoms with Gasteiger partial charge in [-0.2, -0.15) is 0 Å². The van der Waals surface area contributed by atoms with E-state index < -0.39 is 11.9 Å². The summed E-state index contributed by atoms with van der Waals surface area (Å²) in [5.41, 5.74) is 6.32. The van der Waals surface area contributed by atoms with E-state index in [-0.39, 0.29) is 5.69 Å². The number of halogens is 1. The molecule has 0 unspecified atom stereocenters. The monoisotopic (exact) mass is 353 g/mol. The van der Waals surface area contributed by atoms with Crippen molar-refractivity contribution in [3.63, 3.8) is 0 Å². The molecule has 1 heterocycles.